The molecule has 2 heteroatoms. The second-order valence-electron chi connectivity index (χ2n) is 3.20. The molecule has 3 rings (SSSR count). The van der Waals surface area contributed by atoms with E-state index in [9.17, 15) is 0 Å². The van der Waals surface area contributed by atoms with Crippen LogP contribution in [0, 0.1) is 0 Å². The Morgan fingerprint density at radius 3 is 2.64 bits per heavy atom. The molecule has 3 aromatic rings. The quantitative estimate of drug-likeness (QED) is 0.566. The van der Waals surface area contributed by atoms with Crippen LogP contribution in [0.25, 0.3) is 17.0 Å². The highest BCUT2D eigenvalue weighted by atomic mass is 16.3. The van der Waals surface area contributed by atoms with Gasteiger partial charge in [0, 0.05) is 17.8 Å². The molecule has 0 unspecified atom stereocenters. The third-order valence-corrected chi connectivity index (χ3v) is 2.33. The second-order valence-corrected chi connectivity index (χ2v) is 3.20. The predicted molar refractivity (Wildman–Crippen MR) is 55.1 cm³/mol. The maximum Gasteiger partial charge on any atom is 0.203 e. The third-order valence-electron chi connectivity index (χ3n) is 2.33. The van der Waals surface area contributed by atoms with Gasteiger partial charge in [0.25, 0.3) is 0 Å². The van der Waals surface area contributed by atoms with Gasteiger partial charge in [-0.05, 0) is 6.07 Å². The molecule has 1 aromatic carbocycles. The molecular formula is C12H9NO. The van der Waals surface area contributed by atoms with E-state index in [0.717, 1.165) is 11.4 Å². The summed E-state index contributed by atoms with van der Waals surface area (Å²) in [4.78, 5) is 0. The smallest absolute Gasteiger partial charge is 0.203 e. The van der Waals surface area contributed by atoms with E-state index in [0.29, 0.717) is 0 Å². The van der Waals surface area contributed by atoms with Crippen molar-refractivity contribution in [2.75, 3.05) is 0 Å². The average molecular weight is 183 g/mol. The molecule has 0 bridgehead atoms. The zero-order valence-electron chi connectivity index (χ0n) is 7.55. The van der Waals surface area contributed by atoms with Crippen LogP contribution in [0.2, 0.25) is 0 Å². The van der Waals surface area contributed by atoms with E-state index >= 15 is 0 Å². The third kappa shape index (κ3) is 0.973. The monoisotopic (exact) mass is 183 g/mol. The Balaban J connectivity index is 2.28. The zero-order valence-corrected chi connectivity index (χ0v) is 7.55. The lowest BCUT2D eigenvalue weighted by Gasteiger charge is -1.96. The summed E-state index contributed by atoms with van der Waals surface area (Å²) in [5.41, 5.74) is 3.14. The van der Waals surface area contributed by atoms with Gasteiger partial charge in [0.2, 0.25) is 5.71 Å². The highest BCUT2D eigenvalue weighted by Crippen LogP contribution is 2.22. The first-order valence-corrected chi connectivity index (χ1v) is 4.55. The van der Waals surface area contributed by atoms with E-state index in [1.54, 1.807) is 6.26 Å². The summed E-state index contributed by atoms with van der Waals surface area (Å²) in [6, 6.07) is 14.1. The number of rotatable bonds is 1. The molecule has 0 amide bonds. The van der Waals surface area contributed by atoms with E-state index in [1.807, 2.05) is 40.9 Å². The molecule has 2 aromatic heterocycles. The SMILES string of the molecule is c1ccc(-c2coc3cccn23)cc1. The summed E-state index contributed by atoms with van der Waals surface area (Å²) in [5.74, 6) is 0. The van der Waals surface area contributed by atoms with Crippen molar-refractivity contribution in [2.24, 2.45) is 0 Å². The van der Waals surface area contributed by atoms with Crippen molar-refractivity contribution >= 4 is 5.71 Å². The van der Waals surface area contributed by atoms with Crippen molar-refractivity contribution in [1.29, 1.82) is 0 Å². The maximum atomic E-state index is 5.41. The number of hydrogen-bond donors (Lipinski definition) is 0. The number of fused-ring (bicyclic) bond motifs is 1. The maximum absolute atomic E-state index is 5.41. The molecule has 0 atom stereocenters. The van der Waals surface area contributed by atoms with Crippen LogP contribution in [-0.4, -0.2) is 4.40 Å². The second kappa shape index (κ2) is 2.77. The predicted octanol–water partition coefficient (Wildman–Crippen LogP) is 3.20. The lowest BCUT2D eigenvalue weighted by Crippen LogP contribution is -1.81. The molecule has 0 saturated heterocycles. The van der Waals surface area contributed by atoms with E-state index < -0.39 is 0 Å². The van der Waals surface area contributed by atoms with Crippen LogP contribution in [0.1, 0.15) is 0 Å². The van der Waals surface area contributed by atoms with Crippen molar-refractivity contribution in [3.05, 3.63) is 54.9 Å². The van der Waals surface area contributed by atoms with Crippen molar-refractivity contribution in [3.63, 3.8) is 0 Å². The van der Waals surface area contributed by atoms with Crippen LogP contribution in [-0.2, 0) is 0 Å². The topological polar surface area (TPSA) is 17.6 Å². The Hall–Kier alpha value is -1.96. The normalized spacial score (nSPS) is 10.9. The fraction of sp³-hybridized carbons (Fsp3) is 0. The average Bonchev–Trinajstić information content (AvgIpc) is 2.79. The minimum Gasteiger partial charge on any atom is -0.446 e. The van der Waals surface area contributed by atoms with E-state index in [-0.39, 0.29) is 0 Å². The summed E-state index contributed by atoms with van der Waals surface area (Å²) in [6.45, 7) is 0. The van der Waals surface area contributed by atoms with Gasteiger partial charge in [0.15, 0.2) is 0 Å². The number of aromatic nitrogens is 1. The first kappa shape index (κ1) is 7.44. The molecule has 2 nitrogen and oxygen atoms in total. The molecule has 14 heavy (non-hydrogen) atoms. The summed E-state index contributed by atoms with van der Waals surface area (Å²) < 4.78 is 7.44. The van der Waals surface area contributed by atoms with Crippen molar-refractivity contribution in [2.45, 2.75) is 0 Å². The van der Waals surface area contributed by atoms with E-state index in [1.165, 1.54) is 5.56 Å². The van der Waals surface area contributed by atoms with Crippen LogP contribution in [0.5, 0.6) is 0 Å². The zero-order chi connectivity index (χ0) is 9.38. The molecule has 0 saturated carbocycles. The molecule has 0 fully saturated rings. The van der Waals surface area contributed by atoms with E-state index in [4.69, 9.17) is 4.42 Å². The Kier molecular flexibility index (Phi) is 1.47. The van der Waals surface area contributed by atoms with Crippen molar-refractivity contribution in [1.82, 2.24) is 4.40 Å². The molecule has 0 aliphatic carbocycles. The van der Waals surface area contributed by atoms with Crippen molar-refractivity contribution in [3.8, 4) is 11.3 Å². The van der Waals surface area contributed by atoms with E-state index in [2.05, 4.69) is 12.1 Å². The Labute approximate surface area is 81.4 Å². The molecule has 0 N–H and O–H groups in total. The fourth-order valence-electron chi connectivity index (χ4n) is 1.65. The van der Waals surface area contributed by atoms with Gasteiger partial charge in [0.05, 0.1) is 5.69 Å². The first-order valence-electron chi connectivity index (χ1n) is 4.55. The van der Waals surface area contributed by atoms with Crippen LogP contribution >= 0.6 is 0 Å². The van der Waals surface area contributed by atoms with Gasteiger partial charge in [-0.15, -0.1) is 0 Å². The summed E-state index contributed by atoms with van der Waals surface area (Å²) in [6.07, 6.45) is 3.78. The summed E-state index contributed by atoms with van der Waals surface area (Å²) in [7, 11) is 0. The van der Waals surface area contributed by atoms with Gasteiger partial charge in [0.1, 0.15) is 6.26 Å². The van der Waals surface area contributed by atoms with Gasteiger partial charge in [-0.2, -0.15) is 0 Å². The molecule has 0 radical (unpaired) electrons. The van der Waals surface area contributed by atoms with Crippen LogP contribution in [0.15, 0.2) is 59.3 Å². The summed E-state index contributed by atoms with van der Waals surface area (Å²) in [5, 5.41) is 0. The number of nitrogens with zero attached hydrogens (tertiary/aromatic N) is 1. The minimum atomic E-state index is 0.879. The Morgan fingerprint density at radius 1 is 0.929 bits per heavy atom. The Morgan fingerprint density at radius 2 is 1.79 bits per heavy atom. The van der Waals surface area contributed by atoms with Crippen LogP contribution in [0.3, 0.4) is 0 Å². The Bertz CT molecular complexity index is 548. The highest BCUT2D eigenvalue weighted by molar-refractivity contribution is 5.62. The van der Waals surface area contributed by atoms with Gasteiger partial charge in [-0.3, -0.25) is 4.40 Å². The van der Waals surface area contributed by atoms with Gasteiger partial charge >= 0.3 is 0 Å². The largest absolute Gasteiger partial charge is 0.446 e. The first-order chi connectivity index (χ1) is 6.95. The van der Waals surface area contributed by atoms with Crippen LogP contribution < -0.4 is 0 Å². The molecule has 2 heterocycles. The van der Waals surface area contributed by atoms with Crippen LogP contribution in [0.4, 0.5) is 0 Å². The standard InChI is InChI=1S/C12H9NO/c1-2-5-10(6-3-1)11-9-14-12-7-4-8-13(11)12/h1-9H. The number of hydrogen-bond acceptors (Lipinski definition) is 1. The number of benzene rings is 1. The molecule has 0 aliphatic rings. The van der Waals surface area contributed by atoms with Gasteiger partial charge in [-0.1, -0.05) is 30.3 Å². The molecule has 68 valence electrons. The molecule has 0 aliphatic heterocycles. The number of oxazole rings is 1. The molecular weight excluding hydrogens is 174 g/mol. The van der Waals surface area contributed by atoms with Crippen molar-refractivity contribution < 1.29 is 4.42 Å². The fourth-order valence-corrected chi connectivity index (χ4v) is 1.65. The lowest BCUT2D eigenvalue weighted by atomic mass is 10.2. The highest BCUT2D eigenvalue weighted by Gasteiger charge is 2.05. The lowest BCUT2D eigenvalue weighted by molar-refractivity contribution is 0.609. The van der Waals surface area contributed by atoms with Gasteiger partial charge < -0.3 is 4.42 Å². The minimum absolute atomic E-state index is 0.879. The summed E-state index contributed by atoms with van der Waals surface area (Å²) >= 11 is 0. The molecule has 0 spiro atoms. The van der Waals surface area contributed by atoms with Gasteiger partial charge in [-0.25, -0.2) is 0 Å².